The first-order valence-corrected chi connectivity index (χ1v) is 17.0. The topological polar surface area (TPSA) is 96.0 Å². The average Bonchev–Trinajstić information content (AvgIpc) is 3.06. The molecule has 0 radical (unpaired) electrons. The second-order valence-corrected chi connectivity index (χ2v) is 13.4. The van der Waals surface area contributed by atoms with Gasteiger partial charge < -0.3 is 15.0 Å². The lowest BCUT2D eigenvalue weighted by Crippen LogP contribution is -2.54. The molecule has 0 heterocycles. The van der Waals surface area contributed by atoms with E-state index in [9.17, 15) is 18.0 Å². The SMILES string of the molecule is CCC(C)NC(=O)C(Cc1ccccc1)N(Cc1ccccc1C)C(=O)CN(c1ccc(Cl)cc1)S(=O)(=O)c1ccc(OC)cc1. The number of carbonyl (C=O) groups excluding carboxylic acids is 2. The highest BCUT2D eigenvalue weighted by molar-refractivity contribution is 7.92. The number of anilines is 1. The number of carbonyl (C=O) groups is 2. The molecule has 10 heteroatoms. The molecule has 0 fully saturated rings. The van der Waals surface area contributed by atoms with Gasteiger partial charge in [-0.25, -0.2) is 8.42 Å². The van der Waals surface area contributed by atoms with E-state index in [2.05, 4.69) is 5.32 Å². The lowest BCUT2D eigenvalue weighted by Gasteiger charge is -2.34. The van der Waals surface area contributed by atoms with Crippen molar-refractivity contribution in [3.8, 4) is 5.75 Å². The predicted molar refractivity (Wildman–Crippen MR) is 183 cm³/mol. The van der Waals surface area contributed by atoms with Gasteiger partial charge in [0, 0.05) is 24.0 Å². The molecule has 4 aromatic rings. The second-order valence-electron chi connectivity index (χ2n) is 11.1. The van der Waals surface area contributed by atoms with Crippen LogP contribution in [0.25, 0.3) is 0 Å². The van der Waals surface area contributed by atoms with Gasteiger partial charge in [-0.3, -0.25) is 13.9 Å². The van der Waals surface area contributed by atoms with E-state index in [0.29, 0.717) is 17.2 Å². The molecule has 242 valence electrons. The van der Waals surface area contributed by atoms with Crippen LogP contribution in [0.2, 0.25) is 5.02 Å². The van der Waals surface area contributed by atoms with E-state index in [-0.39, 0.29) is 35.5 Å². The molecular weight excluding hydrogens is 622 g/mol. The fourth-order valence-corrected chi connectivity index (χ4v) is 6.52. The summed E-state index contributed by atoms with van der Waals surface area (Å²) in [7, 11) is -2.75. The zero-order chi connectivity index (χ0) is 33.3. The van der Waals surface area contributed by atoms with Crippen LogP contribution in [0.5, 0.6) is 5.75 Å². The molecular formula is C36H40ClN3O5S. The van der Waals surface area contributed by atoms with Crippen molar-refractivity contribution in [3.63, 3.8) is 0 Å². The number of ether oxygens (including phenoxy) is 1. The van der Waals surface area contributed by atoms with Crippen LogP contribution in [-0.2, 0) is 32.6 Å². The van der Waals surface area contributed by atoms with Crippen molar-refractivity contribution in [1.29, 1.82) is 0 Å². The van der Waals surface area contributed by atoms with Gasteiger partial charge >= 0.3 is 0 Å². The smallest absolute Gasteiger partial charge is 0.264 e. The summed E-state index contributed by atoms with van der Waals surface area (Å²) in [6.45, 7) is 5.38. The molecule has 0 aliphatic carbocycles. The van der Waals surface area contributed by atoms with Gasteiger partial charge in [-0.15, -0.1) is 0 Å². The monoisotopic (exact) mass is 661 g/mol. The van der Waals surface area contributed by atoms with Gasteiger partial charge in [-0.1, -0.05) is 73.1 Å². The Bertz CT molecular complexity index is 1720. The van der Waals surface area contributed by atoms with Gasteiger partial charge in [0.15, 0.2) is 0 Å². The highest BCUT2D eigenvalue weighted by atomic mass is 35.5. The number of rotatable bonds is 14. The van der Waals surface area contributed by atoms with Crippen molar-refractivity contribution in [1.82, 2.24) is 10.2 Å². The summed E-state index contributed by atoms with van der Waals surface area (Å²) in [5.41, 5.74) is 2.92. The molecule has 0 aliphatic rings. The van der Waals surface area contributed by atoms with Gasteiger partial charge in [0.1, 0.15) is 18.3 Å². The number of benzene rings is 4. The third-order valence-corrected chi connectivity index (χ3v) is 9.96. The molecule has 2 amide bonds. The highest BCUT2D eigenvalue weighted by Crippen LogP contribution is 2.27. The largest absolute Gasteiger partial charge is 0.497 e. The summed E-state index contributed by atoms with van der Waals surface area (Å²) in [4.78, 5) is 30.0. The number of halogens is 1. The Morgan fingerprint density at radius 3 is 2.13 bits per heavy atom. The molecule has 1 N–H and O–H groups in total. The van der Waals surface area contributed by atoms with Crippen molar-refractivity contribution < 1.29 is 22.7 Å². The molecule has 46 heavy (non-hydrogen) atoms. The van der Waals surface area contributed by atoms with E-state index in [1.54, 1.807) is 36.4 Å². The number of hydrogen-bond donors (Lipinski definition) is 1. The minimum Gasteiger partial charge on any atom is -0.497 e. The molecule has 0 aliphatic heterocycles. The number of nitrogens with one attached hydrogen (secondary N) is 1. The molecule has 2 atom stereocenters. The fraction of sp³-hybridized carbons (Fsp3) is 0.278. The van der Waals surface area contributed by atoms with E-state index in [1.165, 1.54) is 24.1 Å². The number of nitrogens with zero attached hydrogens (tertiary/aromatic N) is 2. The first-order chi connectivity index (χ1) is 22.0. The molecule has 0 bridgehead atoms. The summed E-state index contributed by atoms with van der Waals surface area (Å²) in [6, 6.07) is 28.3. The van der Waals surface area contributed by atoms with E-state index in [0.717, 1.165) is 21.0 Å². The molecule has 0 aromatic heterocycles. The van der Waals surface area contributed by atoms with Gasteiger partial charge in [0.25, 0.3) is 10.0 Å². The first kappa shape index (κ1) is 34.5. The van der Waals surface area contributed by atoms with Crippen LogP contribution < -0.4 is 14.4 Å². The zero-order valence-electron chi connectivity index (χ0n) is 26.5. The maximum atomic E-state index is 14.6. The average molecular weight is 662 g/mol. The van der Waals surface area contributed by atoms with E-state index in [4.69, 9.17) is 16.3 Å². The molecule has 0 spiro atoms. The molecule has 0 saturated heterocycles. The standard InChI is InChI=1S/C36H40ClN3O5S/c1-5-27(3)38-36(42)34(23-28-12-7-6-8-13-28)39(24-29-14-10-9-11-26(29)2)35(41)25-40(31-17-15-30(37)16-18-31)46(43,44)33-21-19-32(45-4)20-22-33/h6-22,27,34H,5,23-25H2,1-4H3,(H,38,42). The Hall–Kier alpha value is -4.34. The third kappa shape index (κ3) is 8.68. The number of methoxy groups -OCH3 is 1. The molecule has 2 unspecified atom stereocenters. The normalized spacial score (nSPS) is 12.5. The predicted octanol–water partition coefficient (Wildman–Crippen LogP) is 6.41. The van der Waals surface area contributed by atoms with Crippen LogP contribution in [0.4, 0.5) is 5.69 Å². The maximum Gasteiger partial charge on any atom is 0.264 e. The summed E-state index contributed by atoms with van der Waals surface area (Å²) >= 11 is 6.15. The summed E-state index contributed by atoms with van der Waals surface area (Å²) in [5, 5.41) is 3.47. The Kier molecular flexibility index (Phi) is 11.8. The molecule has 4 aromatic carbocycles. The summed E-state index contributed by atoms with van der Waals surface area (Å²) in [5.74, 6) is -0.347. The minimum absolute atomic E-state index is 0.0168. The van der Waals surface area contributed by atoms with E-state index >= 15 is 0 Å². The number of sulfonamides is 1. The van der Waals surface area contributed by atoms with Gasteiger partial charge in [-0.2, -0.15) is 0 Å². The summed E-state index contributed by atoms with van der Waals surface area (Å²) < 4.78 is 34.6. The zero-order valence-corrected chi connectivity index (χ0v) is 28.1. The van der Waals surface area contributed by atoms with Crippen LogP contribution in [0.1, 0.15) is 37.0 Å². The van der Waals surface area contributed by atoms with Gasteiger partial charge in [-0.05, 0) is 85.5 Å². The molecule has 4 rings (SSSR count). The molecule has 0 saturated carbocycles. The van der Waals surface area contributed by atoms with Crippen LogP contribution >= 0.6 is 11.6 Å². The van der Waals surface area contributed by atoms with Crippen LogP contribution in [0.3, 0.4) is 0 Å². The maximum absolute atomic E-state index is 14.6. The fourth-order valence-electron chi connectivity index (χ4n) is 4.98. The van der Waals surface area contributed by atoms with Crippen molar-refractivity contribution in [2.75, 3.05) is 18.0 Å². The van der Waals surface area contributed by atoms with Gasteiger partial charge in [0.05, 0.1) is 17.7 Å². The van der Waals surface area contributed by atoms with Crippen molar-refractivity contribution in [2.45, 2.75) is 57.1 Å². The minimum atomic E-state index is -4.24. The van der Waals surface area contributed by atoms with Crippen LogP contribution in [-0.4, -0.2) is 50.9 Å². The Morgan fingerprint density at radius 2 is 1.52 bits per heavy atom. The molecule has 8 nitrogen and oxygen atoms in total. The van der Waals surface area contributed by atoms with Crippen molar-refractivity contribution in [2.24, 2.45) is 0 Å². The quantitative estimate of drug-likeness (QED) is 0.169. The van der Waals surface area contributed by atoms with Crippen molar-refractivity contribution in [3.05, 3.63) is 125 Å². The Morgan fingerprint density at radius 1 is 0.891 bits per heavy atom. The number of aryl methyl sites for hydroxylation is 1. The second kappa shape index (κ2) is 15.8. The van der Waals surface area contributed by atoms with Crippen molar-refractivity contribution >= 4 is 39.1 Å². The lowest BCUT2D eigenvalue weighted by molar-refractivity contribution is -0.140. The Labute approximate surface area is 277 Å². The van der Waals surface area contributed by atoms with E-state index in [1.807, 2.05) is 75.4 Å². The van der Waals surface area contributed by atoms with Gasteiger partial charge in [0.2, 0.25) is 11.8 Å². The third-order valence-electron chi connectivity index (χ3n) is 7.91. The number of amides is 2. The first-order valence-electron chi connectivity index (χ1n) is 15.1. The lowest BCUT2D eigenvalue weighted by atomic mass is 10.0. The van der Waals surface area contributed by atoms with E-state index < -0.39 is 28.5 Å². The Balaban J connectivity index is 1.81. The highest BCUT2D eigenvalue weighted by Gasteiger charge is 2.35. The summed E-state index contributed by atoms with van der Waals surface area (Å²) in [6.07, 6.45) is 0.951. The van der Waals surface area contributed by atoms with Crippen LogP contribution in [0.15, 0.2) is 108 Å². The van der Waals surface area contributed by atoms with Crippen LogP contribution in [0, 0.1) is 6.92 Å². The number of hydrogen-bond acceptors (Lipinski definition) is 5.